The quantitative estimate of drug-likeness (QED) is 0.407. The molecule has 0 saturated carbocycles. The molecule has 2 aromatic heterocycles. The Hall–Kier alpha value is -4.89. The molecule has 42 heavy (non-hydrogen) atoms. The van der Waals surface area contributed by atoms with Crippen LogP contribution in [0.1, 0.15) is 29.6 Å². The fraction of sp³-hybridized carbons (Fsp3) is 0.367. The number of carbonyl (C=O) groups excluding carboxylic acids is 2. The third-order valence-electron chi connectivity index (χ3n) is 7.39. The number of benzene rings is 1. The first-order valence-electron chi connectivity index (χ1n) is 14.2. The van der Waals surface area contributed by atoms with Gasteiger partial charge >= 0.3 is 0 Å². The van der Waals surface area contributed by atoms with Crippen molar-refractivity contribution in [1.82, 2.24) is 25.2 Å². The van der Waals surface area contributed by atoms with Gasteiger partial charge in [-0.3, -0.25) is 14.5 Å². The fourth-order valence-corrected chi connectivity index (χ4v) is 5.03. The van der Waals surface area contributed by atoms with Gasteiger partial charge in [0.15, 0.2) is 18.2 Å². The maximum atomic E-state index is 13.1. The number of piperazine rings is 1. The average molecular weight is 568 g/mol. The smallest absolute Gasteiger partial charge is 0.266 e. The lowest BCUT2D eigenvalue weighted by atomic mass is 10.2. The molecule has 2 bridgehead atoms. The number of carbonyl (C=O) groups is 2. The SMILES string of the molecule is CN1CCN(c2cccc(Nc3ncc4c(n3)Nc3ccc5c(n3)N(CCCCC#CCNC4=O)C(=O)CO5)c2)CC1. The lowest BCUT2D eigenvalue weighted by Gasteiger charge is -2.34. The normalized spacial score (nSPS) is 17.6. The summed E-state index contributed by atoms with van der Waals surface area (Å²) in [6.45, 7) is 4.64. The molecule has 12 heteroatoms. The van der Waals surface area contributed by atoms with Crippen molar-refractivity contribution in [2.45, 2.75) is 19.3 Å². The zero-order valence-electron chi connectivity index (χ0n) is 23.5. The second kappa shape index (κ2) is 12.3. The zero-order chi connectivity index (χ0) is 28.9. The number of likely N-dealkylation sites (N-methyl/N-ethyl adjacent to an activating group) is 1. The molecule has 2 amide bonds. The van der Waals surface area contributed by atoms with E-state index in [1.165, 1.54) is 6.20 Å². The van der Waals surface area contributed by atoms with Crippen LogP contribution in [0.4, 0.5) is 34.8 Å². The van der Waals surface area contributed by atoms with Gasteiger partial charge in [-0.2, -0.15) is 4.98 Å². The Morgan fingerprint density at radius 3 is 2.76 bits per heavy atom. The van der Waals surface area contributed by atoms with Gasteiger partial charge in [0.2, 0.25) is 5.95 Å². The Morgan fingerprint density at radius 2 is 1.88 bits per heavy atom. The number of hydrogen-bond donors (Lipinski definition) is 3. The average Bonchev–Trinajstić information content (AvgIpc) is 2.99. The van der Waals surface area contributed by atoms with Gasteiger partial charge in [-0.05, 0) is 50.2 Å². The molecule has 6 rings (SSSR count). The molecule has 3 N–H and O–H groups in total. The number of hydrogen-bond acceptors (Lipinski definition) is 10. The summed E-state index contributed by atoms with van der Waals surface area (Å²) in [6.07, 6.45) is 3.74. The number of rotatable bonds is 3. The van der Waals surface area contributed by atoms with Gasteiger partial charge in [0, 0.05) is 56.7 Å². The molecule has 12 nitrogen and oxygen atoms in total. The highest BCUT2D eigenvalue weighted by Crippen LogP contribution is 2.33. The van der Waals surface area contributed by atoms with E-state index in [0.717, 1.165) is 50.4 Å². The maximum absolute atomic E-state index is 13.1. The monoisotopic (exact) mass is 567 g/mol. The van der Waals surface area contributed by atoms with Crippen molar-refractivity contribution >= 4 is 46.6 Å². The fourth-order valence-electron chi connectivity index (χ4n) is 5.03. The zero-order valence-corrected chi connectivity index (χ0v) is 23.5. The van der Waals surface area contributed by atoms with Crippen LogP contribution in [0.25, 0.3) is 0 Å². The van der Waals surface area contributed by atoms with Gasteiger partial charge in [-0.25, -0.2) is 9.97 Å². The second-order valence-corrected chi connectivity index (χ2v) is 10.4. The third kappa shape index (κ3) is 6.21. The van der Waals surface area contributed by atoms with Crippen LogP contribution >= 0.6 is 0 Å². The third-order valence-corrected chi connectivity index (χ3v) is 7.39. The number of amides is 2. The minimum Gasteiger partial charge on any atom is -0.480 e. The predicted molar refractivity (Wildman–Crippen MR) is 161 cm³/mol. The predicted octanol–water partition coefficient (Wildman–Crippen LogP) is 2.75. The molecule has 0 aliphatic carbocycles. The maximum Gasteiger partial charge on any atom is 0.266 e. The van der Waals surface area contributed by atoms with Crippen LogP contribution in [-0.2, 0) is 4.79 Å². The first-order chi connectivity index (χ1) is 20.5. The summed E-state index contributed by atoms with van der Waals surface area (Å²) >= 11 is 0. The molecule has 1 saturated heterocycles. The highest BCUT2D eigenvalue weighted by atomic mass is 16.5. The number of nitrogens with zero attached hydrogens (tertiary/aromatic N) is 6. The van der Waals surface area contributed by atoms with E-state index >= 15 is 0 Å². The molecule has 3 aliphatic heterocycles. The molecule has 0 atom stereocenters. The van der Waals surface area contributed by atoms with Crippen molar-refractivity contribution in [3.63, 3.8) is 0 Å². The van der Waals surface area contributed by atoms with Crippen molar-refractivity contribution in [3.8, 4) is 17.6 Å². The number of ether oxygens (including phenoxy) is 1. The largest absolute Gasteiger partial charge is 0.480 e. The van der Waals surface area contributed by atoms with Gasteiger partial charge in [0.05, 0.1) is 6.54 Å². The molecule has 0 spiro atoms. The van der Waals surface area contributed by atoms with E-state index in [2.05, 4.69) is 71.7 Å². The van der Waals surface area contributed by atoms with E-state index in [-0.39, 0.29) is 36.3 Å². The molecular weight excluding hydrogens is 534 g/mol. The van der Waals surface area contributed by atoms with Crippen LogP contribution in [0.15, 0.2) is 42.6 Å². The van der Waals surface area contributed by atoms with Crippen molar-refractivity contribution in [1.29, 1.82) is 0 Å². The topological polar surface area (TPSA) is 128 Å². The summed E-state index contributed by atoms with van der Waals surface area (Å²) < 4.78 is 5.62. The van der Waals surface area contributed by atoms with Gasteiger partial charge in [0.25, 0.3) is 11.8 Å². The standard InChI is InChI=1S/C30H33N9O3/c1-37-14-16-38(17-15-37)22-9-7-8-21(18-22)33-30-32-19-23-27(36-30)34-25-11-10-24-28(35-25)39(26(40)20-42-24)13-6-4-2-3-5-12-31-29(23)41/h7-11,18-19H,2,4,6,12-17,20H2,1H3,(H,31,41)(H2,32,33,34,35,36). The summed E-state index contributed by atoms with van der Waals surface area (Å²) in [5, 5.41) is 9.28. The van der Waals surface area contributed by atoms with Crippen LogP contribution in [0.2, 0.25) is 0 Å². The van der Waals surface area contributed by atoms with Gasteiger partial charge < -0.3 is 30.5 Å². The molecule has 0 unspecified atom stereocenters. The van der Waals surface area contributed by atoms with E-state index < -0.39 is 0 Å². The van der Waals surface area contributed by atoms with Crippen LogP contribution in [0.5, 0.6) is 5.75 Å². The summed E-state index contributed by atoms with van der Waals surface area (Å²) in [6, 6.07) is 11.6. The van der Waals surface area contributed by atoms with E-state index in [4.69, 9.17) is 4.74 Å². The van der Waals surface area contributed by atoms with E-state index in [1.54, 1.807) is 17.0 Å². The summed E-state index contributed by atoms with van der Waals surface area (Å²) in [5.41, 5.74) is 2.19. The van der Waals surface area contributed by atoms with Crippen LogP contribution in [0.3, 0.4) is 0 Å². The lowest BCUT2D eigenvalue weighted by Crippen LogP contribution is -2.44. The Kier molecular flexibility index (Phi) is 8.00. The Bertz CT molecular complexity index is 1540. The van der Waals surface area contributed by atoms with Crippen molar-refractivity contribution in [2.75, 3.05) is 73.4 Å². The van der Waals surface area contributed by atoms with Crippen molar-refractivity contribution < 1.29 is 14.3 Å². The molecule has 3 aromatic rings. The number of pyridine rings is 1. The number of fused-ring (bicyclic) bond motifs is 2. The molecule has 216 valence electrons. The Labute approximate surface area is 244 Å². The summed E-state index contributed by atoms with van der Waals surface area (Å²) in [4.78, 5) is 45.9. The molecular formula is C30H33N9O3. The van der Waals surface area contributed by atoms with E-state index in [9.17, 15) is 9.59 Å². The van der Waals surface area contributed by atoms with E-state index in [0.29, 0.717) is 36.3 Å². The van der Waals surface area contributed by atoms with Gasteiger partial charge in [-0.1, -0.05) is 12.0 Å². The second-order valence-electron chi connectivity index (χ2n) is 10.4. The molecule has 1 fully saturated rings. The first kappa shape index (κ1) is 27.3. The van der Waals surface area contributed by atoms with E-state index in [1.807, 2.05) is 12.1 Å². The van der Waals surface area contributed by atoms with Crippen molar-refractivity contribution in [3.05, 3.63) is 48.2 Å². The van der Waals surface area contributed by atoms with Crippen LogP contribution in [0, 0.1) is 11.8 Å². The van der Waals surface area contributed by atoms with Crippen LogP contribution in [-0.4, -0.2) is 84.6 Å². The molecule has 0 radical (unpaired) electrons. The first-order valence-corrected chi connectivity index (χ1v) is 14.2. The molecule has 3 aliphatic rings. The number of aromatic nitrogens is 3. The number of anilines is 6. The highest BCUT2D eigenvalue weighted by Gasteiger charge is 2.27. The van der Waals surface area contributed by atoms with Crippen LogP contribution < -0.4 is 30.5 Å². The van der Waals surface area contributed by atoms with Crippen molar-refractivity contribution in [2.24, 2.45) is 0 Å². The highest BCUT2D eigenvalue weighted by molar-refractivity contribution is 6.00. The lowest BCUT2D eigenvalue weighted by molar-refractivity contribution is -0.121. The molecule has 1 aromatic carbocycles. The minimum atomic E-state index is -0.361. The Balaban J connectivity index is 1.30. The number of nitrogens with one attached hydrogen (secondary N) is 3. The summed E-state index contributed by atoms with van der Waals surface area (Å²) in [5.74, 6) is 7.54. The Morgan fingerprint density at radius 1 is 1.00 bits per heavy atom. The molecule has 5 heterocycles. The summed E-state index contributed by atoms with van der Waals surface area (Å²) in [7, 11) is 2.14. The van der Waals surface area contributed by atoms with Gasteiger partial charge in [0.1, 0.15) is 17.2 Å². The van der Waals surface area contributed by atoms with Gasteiger partial charge in [-0.15, -0.1) is 5.92 Å². The minimum absolute atomic E-state index is 0.0253.